The summed E-state index contributed by atoms with van der Waals surface area (Å²) < 4.78 is 0. The second-order valence-electron chi connectivity index (χ2n) is 4.76. The van der Waals surface area contributed by atoms with Gasteiger partial charge in [0.25, 0.3) is 11.8 Å². The van der Waals surface area contributed by atoms with Gasteiger partial charge in [-0.05, 0) is 13.0 Å². The topological polar surface area (TPSA) is 84.0 Å². The van der Waals surface area contributed by atoms with Crippen molar-refractivity contribution < 1.29 is 9.59 Å². The van der Waals surface area contributed by atoms with Crippen LogP contribution < -0.4 is 10.6 Å². The van der Waals surface area contributed by atoms with Gasteiger partial charge in [0.1, 0.15) is 11.7 Å². The highest BCUT2D eigenvalue weighted by molar-refractivity contribution is 6.44. The number of benzene rings is 1. The summed E-state index contributed by atoms with van der Waals surface area (Å²) in [5.74, 6) is -0.876. The van der Waals surface area contributed by atoms with Crippen LogP contribution in [0.1, 0.15) is 27.8 Å². The molecule has 1 aromatic heterocycles. The quantitative estimate of drug-likeness (QED) is 0.882. The van der Waals surface area contributed by atoms with Gasteiger partial charge in [0, 0.05) is 11.8 Å². The smallest absolute Gasteiger partial charge is 0.272 e. The van der Waals surface area contributed by atoms with Crippen molar-refractivity contribution in [2.75, 3.05) is 5.32 Å². The number of anilines is 1. The van der Waals surface area contributed by atoms with E-state index in [-0.39, 0.29) is 16.6 Å². The molecule has 112 valence electrons. The second-order valence-corrected chi connectivity index (χ2v) is 5.55. The molecule has 3 rings (SSSR count). The summed E-state index contributed by atoms with van der Waals surface area (Å²) in [6.07, 6.45) is 2.83. The van der Waals surface area contributed by atoms with E-state index in [9.17, 15) is 9.59 Å². The Hall–Kier alpha value is -2.18. The minimum absolute atomic E-state index is 0.131. The Labute approximate surface area is 135 Å². The number of aryl methyl sites for hydroxylation is 1. The lowest BCUT2D eigenvalue weighted by molar-refractivity contribution is -0.117. The standard InChI is InChI=1S/C14H10Cl2N4O2/c1-6-4-18-9(5-17-6)13(21)20-12-7-2-3-8(15)10(16)11(7)19-14(12)22/h2-5,12H,1H3,(H,19,22)(H,20,21)/t12-/m0/s1. The van der Waals surface area contributed by atoms with Crippen LogP contribution in [-0.2, 0) is 4.79 Å². The van der Waals surface area contributed by atoms with Crippen LogP contribution in [0.4, 0.5) is 5.69 Å². The first-order valence-corrected chi connectivity index (χ1v) is 7.11. The van der Waals surface area contributed by atoms with Gasteiger partial charge in [-0.2, -0.15) is 0 Å². The Morgan fingerprint density at radius 3 is 2.73 bits per heavy atom. The molecule has 22 heavy (non-hydrogen) atoms. The lowest BCUT2D eigenvalue weighted by Gasteiger charge is -2.11. The van der Waals surface area contributed by atoms with Gasteiger partial charge >= 0.3 is 0 Å². The van der Waals surface area contributed by atoms with Crippen molar-refractivity contribution in [2.45, 2.75) is 13.0 Å². The maximum absolute atomic E-state index is 12.2. The van der Waals surface area contributed by atoms with E-state index in [1.807, 2.05) is 0 Å². The van der Waals surface area contributed by atoms with Crippen molar-refractivity contribution in [2.24, 2.45) is 0 Å². The molecule has 0 spiro atoms. The molecule has 2 heterocycles. The Kier molecular flexibility index (Phi) is 3.72. The number of nitrogens with one attached hydrogen (secondary N) is 2. The first kappa shape index (κ1) is 14.7. The van der Waals surface area contributed by atoms with Gasteiger partial charge in [0.15, 0.2) is 0 Å². The third kappa shape index (κ3) is 2.51. The Bertz CT molecular complexity index is 777. The highest BCUT2D eigenvalue weighted by Crippen LogP contribution is 2.40. The molecule has 2 amide bonds. The Balaban J connectivity index is 1.88. The number of hydrogen-bond donors (Lipinski definition) is 2. The first-order chi connectivity index (χ1) is 10.5. The molecule has 0 aliphatic carbocycles. The number of halogens is 2. The minimum Gasteiger partial charge on any atom is -0.335 e. The van der Waals surface area contributed by atoms with Crippen molar-refractivity contribution in [1.82, 2.24) is 15.3 Å². The molecule has 0 radical (unpaired) electrons. The van der Waals surface area contributed by atoms with Gasteiger partial charge in [-0.3, -0.25) is 14.6 Å². The highest BCUT2D eigenvalue weighted by atomic mass is 35.5. The average molecular weight is 337 g/mol. The van der Waals surface area contributed by atoms with Crippen LogP contribution in [0.25, 0.3) is 0 Å². The molecule has 6 nitrogen and oxygen atoms in total. The van der Waals surface area contributed by atoms with E-state index in [2.05, 4.69) is 20.6 Å². The predicted octanol–water partition coefficient (Wildman–Crippen LogP) is 2.52. The molecule has 0 bridgehead atoms. The molecule has 0 saturated carbocycles. The molecule has 1 aromatic carbocycles. The third-order valence-electron chi connectivity index (χ3n) is 3.24. The lowest BCUT2D eigenvalue weighted by atomic mass is 10.1. The Morgan fingerprint density at radius 1 is 1.27 bits per heavy atom. The van der Waals surface area contributed by atoms with E-state index in [0.29, 0.717) is 22.0 Å². The number of carbonyl (C=O) groups excluding carboxylic acids is 2. The number of amides is 2. The van der Waals surface area contributed by atoms with Gasteiger partial charge in [0.05, 0.1) is 27.6 Å². The van der Waals surface area contributed by atoms with Gasteiger partial charge in [-0.25, -0.2) is 4.98 Å². The number of nitrogens with zero attached hydrogens (tertiary/aromatic N) is 2. The molecule has 2 aromatic rings. The SMILES string of the molecule is Cc1cnc(C(=O)N[C@@H]2C(=O)Nc3c2ccc(Cl)c3Cl)cn1. The fourth-order valence-electron chi connectivity index (χ4n) is 2.13. The third-order valence-corrected chi connectivity index (χ3v) is 4.04. The van der Waals surface area contributed by atoms with E-state index in [4.69, 9.17) is 23.2 Å². The van der Waals surface area contributed by atoms with Gasteiger partial charge < -0.3 is 10.6 Å². The van der Waals surface area contributed by atoms with Crippen molar-refractivity contribution in [3.05, 3.63) is 51.5 Å². The summed E-state index contributed by atoms with van der Waals surface area (Å²) in [5, 5.41) is 5.81. The van der Waals surface area contributed by atoms with Crippen LogP contribution in [0.15, 0.2) is 24.5 Å². The summed E-state index contributed by atoms with van der Waals surface area (Å²) in [4.78, 5) is 32.2. The molecule has 2 N–H and O–H groups in total. The molecule has 0 fully saturated rings. The maximum Gasteiger partial charge on any atom is 0.272 e. The first-order valence-electron chi connectivity index (χ1n) is 6.35. The van der Waals surface area contributed by atoms with Crippen LogP contribution in [0.3, 0.4) is 0 Å². The molecule has 0 unspecified atom stereocenters. The summed E-state index contributed by atoms with van der Waals surface area (Å²) in [6, 6.07) is 2.38. The fraction of sp³-hybridized carbons (Fsp3) is 0.143. The van der Waals surface area contributed by atoms with Gasteiger partial charge in [0.2, 0.25) is 0 Å². The number of aromatic nitrogens is 2. The largest absolute Gasteiger partial charge is 0.335 e. The van der Waals surface area contributed by atoms with Crippen molar-refractivity contribution in [1.29, 1.82) is 0 Å². The normalized spacial score (nSPS) is 16.1. The molecular formula is C14H10Cl2N4O2. The fourth-order valence-corrected chi connectivity index (χ4v) is 2.50. The van der Waals surface area contributed by atoms with E-state index in [1.165, 1.54) is 12.4 Å². The summed E-state index contributed by atoms with van der Waals surface area (Å²) >= 11 is 12.0. The Morgan fingerprint density at radius 2 is 2.05 bits per heavy atom. The van der Waals surface area contributed by atoms with E-state index in [1.54, 1.807) is 19.1 Å². The van der Waals surface area contributed by atoms with E-state index in [0.717, 1.165) is 0 Å². The summed E-state index contributed by atoms with van der Waals surface area (Å²) in [7, 11) is 0. The van der Waals surface area contributed by atoms with Crippen LogP contribution in [0, 0.1) is 6.92 Å². The van der Waals surface area contributed by atoms with Crippen molar-refractivity contribution in [3.8, 4) is 0 Å². The van der Waals surface area contributed by atoms with Crippen LogP contribution in [0.5, 0.6) is 0 Å². The predicted molar refractivity (Wildman–Crippen MR) is 82.1 cm³/mol. The number of carbonyl (C=O) groups is 2. The molecular weight excluding hydrogens is 327 g/mol. The molecule has 1 atom stereocenters. The van der Waals surface area contributed by atoms with Crippen LogP contribution >= 0.6 is 23.2 Å². The van der Waals surface area contributed by atoms with Gasteiger partial charge in [-0.1, -0.05) is 29.3 Å². The highest BCUT2D eigenvalue weighted by Gasteiger charge is 2.34. The van der Waals surface area contributed by atoms with Gasteiger partial charge in [-0.15, -0.1) is 0 Å². The zero-order chi connectivity index (χ0) is 15.9. The van der Waals surface area contributed by atoms with E-state index < -0.39 is 11.9 Å². The van der Waals surface area contributed by atoms with E-state index >= 15 is 0 Å². The molecule has 1 aliphatic rings. The van der Waals surface area contributed by atoms with Crippen molar-refractivity contribution >= 4 is 40.7 Å². The number of rotatable bonds is 2. The second kappa shape index (κ2) is 5.55. The lowest BCUT2D eigenvalue weighted by Crippen LogP contribution is -2.33. The number of fused-ring (bicyclic) bond motifs is 1. The molecule has 8 heteroatoms. The summed E-state index contributed by atoms with van der Waals surface area (Å²) in [6.45, 7) is 1.76. The zero-order valence-corrected chi connectivity index (χ0v) is 12.9. The minimum atomic E-state index is -0.847. The van der Waals surface area contributed by atoms with Crippen molar-refractivity contribution in [3.63, 3.8) is 0 Å². The maximum atomic E-state index is 12.2. The van der Waals surface area contributed by atoms with Crippen LogP contribution in [-0.4, -0.2) is 21.8 Å². The zero-order valence-electron chi connectivity index (χ0n) is 11.4. The summed E-state index contributed by atoms with van der Waals surface area (Å²) in [5.41, 5.74) is 1.81. The molecule has 0 saturated heterocycles. The van der Waals surface area contributed by atoms with Crippen LogP contribution in [0.2, 0.25) is 10.0 Å². The number of hydrogen-bond acceptors (Lipinski definition) is 4. The average Bonchev–Trinajstić information content (AvgIpc) is 2.81. The molecule has 1 aliphatic heterocycles. The monoisotopic (exact) mass is 336 g/mol.